The van der Waals surface area contributed by atoms with Crippen LogP contribution in [0.4, 0.5) is 0 Å². The van der Waals surface area contributed by atoms with Crippen LogP contribution in [0.5, 0.6) is 5.75 Å². The van der Waals surface area contributed by atoms with Crippen molar-refractivity contribution in [1.82, 2.24) is 9.97 Å². The van der Waals surface area contributed by atoms with Crippen LogP contribution in [0.3, 0.4) is 0 Å². The first kappa shape index (κ1) is 12.1. The highest BCUT2D eigenvalue weighted by atomic mass is 79.9. The van der Waals surface area contributed by atoms with E-state index in [1.54, 1.807) is 19.5 Å². The Morgan fingerprint density at radius 3 is 3.00 bits per heavy atom. The molecule has 5 heteroatoms. The highest BCUT2D eigenvalue weighted by Gasteiger charge is 2.12. The van der Waals surface area contributed by atoms with Crippen molar-refractivity contribution in [2.24, 2.45) is 5.73 Å². The quantitative estimate of drug-likeness (QED) is 0.910. The molecule has 1 unspecified atom stereocenters. The van der Waals surface area contributed by atoms with Crippen molar-refractivity contribution in [1.29, 1.82) is 0 Å². The molecular weight excluding hydrogens is 282 g/mol. The summed E-state index contributed by atoms with van der Waals surface area (Å²) in [7, 11) is 1.66. The van der Waals surface area contributed by atoms with Gasteiger partial charge in [-0.05, 0) is 30.2 Å². The maximum atomic E-state index is 6.08. The Morgan fingerprint density at radius 1 is 1.53 bits per heavy atom. The second-order valence-electron chi connectivity index (χ2n) is 3.74. The third-order valence-electron chi connectivity index (χ3n) is 2.55. The van der Waals surface area contributed by atoms with E-state index < -0.39 is 0 Å². The topological polar surface area (TPSA) is 63.9 Å². The third-order valence-corrected chi connectivity index (χ3v) is 3.05. The van der Waals surface area contributed by atoms with E-state index in [9.17, 15) is 0 Å². The van der Waals surface area contributed by atoms with Crippen LogP contribution >= 0.6 is 15.9 Å². The van der Waals surface area contributed by atoms with E-state index in [2.05, 4.69) is 25.9 Å². The normalized spacial score (nSPS) is 12.4. The zero-order chi connectivity index (χ0) is 12.3. The Morgan fingerprint density at radius 2 is 2.35 bits per heavy atom. The molecule has 0 spiro atoms. The van der Waals surface area contributed by atoms with Crippen molar-refractivity contribution < 1.29 is 4.74 Å². The van der Waals surface area contributed by atoms with Gasteiger partial charge < -0.3 is 15.5 Å². The maximum Gasteiger partial charge on any atom is 0.123 e. The Bertz CT molecular complexity index is 485. The van der Waals surface area contributed by atoms with Gasteiger partial charge in [0.25, 0.3) is 0 Å². The van der Waals surface area contributed by atoms with Crippen LogP contribution in [0.2, 0.25) is 0 Å². The predicted octanol–water partition coefficient (Wildman–Crippen LogP) is 2.42. The zero-order valence-electron chi connectivity index (χ0n) is 9.48. The van der Waals surface area contributed by atoms with Gasteiger partial charge in [-0.2, -0.15) is 0 Å². The number of methoxy groups -OCH3 is 1. The fourth-order valence-corrected chi connectivity index (χ4v) is 2.13. The molecule has 0 aliphatic heterocycles. The van der Waals surface area contributed by atoms with Gasteiger partial charge in [0, 0.05) is 16.9 Å². The molecule has 17 heavy (non-hydrogen) atoms. The smallest absolute Gasteiger partial charge is 0.123 e. The Hall–Kier alpha value is -1.33. The lowest BCUT2D eigenvalue weighted by Gasteiger charge is -2.12. The lowest BCUT2D eigenvalue weighted by Crippen LogP contribution is -2.15. The summed E-state index contributed by atoms with van der Waals surface area (Å²) in [5.41, 5.74) is 7.14. The molecule has 1 heterocycles. The van der Waals surface area contributed by atoms with Crippen molar-refractivity contribution in [3.8, 4) is 5.75 Å². The minimum absolute atomic E-state index is 0.159. The molecule has 4 nitrogen and oxygen atoms in total. The van der Waals surface area contributed by atoms with E-state index in [-0.39, 0.29) is 6.04 Å². The van der Waals surface area contributed by atoms with Gasteiger partial charge in [-0.3, -0.25) is 0 Å². The van der Waals surface area contributed by atoms with Crippen molar-refractivity contribution in [3.05, 3.63) is 46.5 Å². The average molecular weight is 296 g/mol. The van der Waals surface area contributed by atoms with E-state index in [1.807, 2.05) is 18.2 Å². The number of nitrogens with one attached hydrogen (secondary N) is 1. The Labute approximate surface area is 108 Å². The van der Waals surface area contributed by atoms with Crippen LogP contribution in [-0.2, 0) is 6.42 Å². The van der Waals surface area contributed by atoms with E-state index >= 15 is 0 Å². The number of hydrogen-bond donors (Lipinski definition) is 2. The number of ether oxygens (including phenoxy) is 1. The van der Waals surface area contributed by atoms with Crippen LogP contribution in [0, 0.1) is 0 Å². The largest absolute Gasteiger partial charge is 0.496 e. The van der Waals surface area contributed by atoms with E-state index in [4.69, 9.17) is 10.5 Å². The van der Waals surface area contributed by atoms with Crippen LogP contribution in [-0.4, -0.2) is 17.1 Å². The molecule has 0 aliphatic carbocycles. The van der Waals surface area contributed by atoms with Gasteiger partial charge in [0.1, 0.15) is 11.6 Å². The number of rotatable bonds is 4. The van der Waals surface area contributed by atoms with Crippen molar-refractivity contribution in [2.75, 3.05) is 7.11 Å². The highest BCUT2D eigenvalue weighted by molar-refractivity contribution is 9.10. The summed E-state index contributed by atoms with van der Waals surface area (Å²) < 4.78 is 6.33. The summed E-state index contributed by atoms with van der Waals surface area (Å²) in [4.78, 5) is 7.18. The Balaban J connectivity index is 2.20. The number of halogens is 1. The number of aromatic nitrogens is 2. The van der Waals surface area contributed by atoms with Gasteiger partial charge in [-0.1, -0.05) is 15.9 Å². The second kappa shape index (κ2) is 5.33. The second-order valence-corrected chi connectivity index (χ2v) is 4.66. The average Bonchev–Trinajstić information content (AvgIpc) is 2.83. The van der Waals surface area contributed by atoms with Gasteiger partial charge in [0.15, 0.2) is 0 Å². The van der Waals surface area contributed by atoms with Gasteiger partial charge in [-0.25, -0.2) is 4.98 Å². The molecule has 1 atom stereocenters. The minimum Gasteiger partial charge on any atom is -0.496 e. The first-order valence-corrected chi connectivity index (χ1v) is 6.07. The molecule has 0 radical (unpaired) electrons. The fraction of sp³-hybridized carbons (Fsp3) is 0.250. The Kier molecular flexibility index (Phi) is 3.81. The molecule has 0 fully saturated rings. The highest BCUT2D eigenvalue weighted by Crippen LogP contribution is 2.26. The molecular formula is C12H14BrN3O. The summed E-state index contributed by atoms with van der Waals surface area (Å²) in [6, 6.07) is 5.73. The summed E-state index contributed by atoms with van der Waals surface area (Å²) >= 11 is 3.44. The SMILES string of the molecule is COc1ccc(Br)cc1CC(N)c1ncc[nH]1. The minimum atomic E-state index is -0.159. The molecule has 0 amide bonds. The number of hydrogen-bond acceptors (Lipinski definition) is 3. The first-order valence-electron chi connectivity index (χ1n) is 5.28. The van der Waals surface area contributed by atoms with Crippen molar-refractivity contribution in [3.63, 3.8) is 0 Å². The molecule has 1 aromatic carbocycles. The maximum absolute atomic E-state index is 6.08. The van der Waals surface area contributed by atoms with Gasteiger partial charge in [0.2, 0.25) is 0 Å². The van der Waals surface area contributed by atoms with E-state index in [0.29, 0.717) is 6.42 Å². The summed E-state index contributed by atoms with van der Waals surface area (Å²) in [6.07, 6.45) is 4.15. The third kappa shape index (κ3) is 2.87. The van der Waals surface area contributed by atoms with Gasteiger partial charge in [0.05, 0.1) is 13.2 Å². The van der Waals surface area contributed by atoms with Crippen LogP contribution in [0.15, 0.2) is 35.1 Å². The summed E-state index contributed by atoms with van der Waals surface area (Å²) in [5, 5.41) is 0. The van der Waals surface area contributed by atoms with Crippen LogP contribution in [0.25, 0.3) is 0 Å². The zero-order valence-corrected chi connectivity index (χ0v) is 11.1. The molecule has 2 aromatic rings. The van der Waals surface area contributed by atoms with Crippen molar-refractivity contribution in [2.45, 2.75) is 12.5 Å². The van der Waals surface area contributed by atoms with Gasteiger partial charge in [-0.15, -0.1) is 0 Å². The van der Waals surface area contributed by atoms with Crippen LogP contribution in [0.1, 0.15) is 17.4 Å². The molecule has 1 aromatic heterocycles. The van der Waals surface area contributed by atoms with Crippen molar-refractivity contribution >= 4 is 15.9 Å². The monoisotopic (exact) mass is 295 g/mol. The number of imidazole rings is 1. The predicted molar refractivity (Wildman–Crippen MR) is 69.9 cm³/mol. The van der Waals surface area contributed by atoms with E-state index in [1.165, 1.54) is 0 Å². The standard InChI is InChI=1S/C12H14BrN3O/c1-17-11-3-2-9(13)6-8(11)7-10(14)12-15-4-5-16-12/h2-6,10H,7,14H2,1H3,(H,15,16). The van der Waals surface area contributed by atoms with E-state index in [0.717, 1.165) is 21.6 Å². The summed E-state index contributed by atoms with van der Waals surface area (Å²) in [6.45, 7) is 0. The summed E-state index contributed by atoms with van der Waals surface area (Å²) in [5.74, 6) is 1.63. The molecule has 0 saturated heterocycles. The first-order chi connectivity index (χ1) is 8.20. The number of nitrogens with two attached hydrogens (primary N) is 1. The van der Waals surface area contributed by atoms with Crippen LogP contribution < -0.4 is 10.5 Å². The lowest BCUT2D eigenvalue weighted by molar-refractivity contribution is 0.407. The number of H-pyrrole nitrogens is 1. The lowest BCUT2D eigenvalue weighted by atomic mass is 10.1. The fourth-order valence-electron chi connectivity index (χ4n) is 1.72. The number of aromatic amines is 1. The molecule has 2 rings (SSSR count). The van der Waals surface area contributed by atoms with Gasteiger partial charge >= 0.3 is 0 Å². The molecule has 90 valence electrons. The number of nitrogens with zero attached hydrogens (tertiary/aromatic N) is 1. The molecule has 0 aliphatic rings. The molecule has 3 N–H and O–H groups in total. The molecule has 0 bridgehead atoms. The number of benzene rings is 1. The molecule has 0 saturated carbocycles.